The van der Waals surface area contributed by atoms with Crippen molar-refractivity contribution in [3.63, 3.8) is 0 Å². The molecule has 2 saturated heterocycles. The predicted molar refractivity (Wildman–Crippen MR) is 176 cm³/mol. The summed E-state index contributed by atoms with van der Waals surface area (Å²) in [6.45, 7) is 7.51. The molecule has 0 spiro atoms. The molecular weight excluding hydrogens is 592 g/mol. The Kier molecular flexibility index (Phi) is 14.9. The molecule has 5 rings (SSSR count). The van der Waals surface area contributed by atoms with E-state index < -0.39 is 6.04 Å². The highest BCUT2D eigenvalue weighted by Gasteiger charge is 2.39. The van der Waals surface area contributed by atoms with Gasteiger partial charge in [0.2, 0.25) is 18.2 Å². The molecule has 46 heavy (non-hydrogen) atoms. The third-order valence-electron chi connectivity index (χ3n) is 7.70. The molecule has 0 radical (unpaired) electrons. The summed E-state index contributed by atoms with van der Waals surface area (Å²) in [5.41, 5.74) is 10.2. The van der Waals surface area contributed by atoms with E-state index in [1.807, 2.05) is 31.3 Å². The zero-order valence-electron chi connectivity index (χ0n) is 26.6. The van der Waals surface area contributed by atoms with E-state index in [0.717, 1.165) is 49.4 Å². The summed E-state index contributed by atoms with van der Waals surface area (Å²) in [5, 5.41) is 10.6. The van der Waals surface area contributed by atoms with Crippen molar-refractivity contribution in [3.05, 3.63) is 53.6 Å². The Morgan fingerprint density at radius 3 is 2.37 bits per heavy atom. The Labute approximate surface area is 270 Å². The average molecular weight is 639 g/mol. The van der Waals surface area contributed by atoms with Crippen molar-refractivity contribution in [1.82, 2.24) is 25.8 Å². The number of hydrogen-bond acceptors (Lipinski definition) is 11. The molecular formula is C32H46N8O6. The number of anilines is 3. The van der Waals surface area contributed by atoms with E-state index in [4.69, 9.17) is 10.5 Å². The number of piperazine rings is 1. The Morgan fingerprint density at radius 1 is 1.00 bits per heavy atom. The fraction of sp³-hybridized carbons (Fsp3) is 0.469. The molecule has 0 bridgehead atoms. The second kappa shape index (κ2) is 19.1. The van der Waals surface area contributed by atoms with Crippen molar-refractivity contribution < 1.29 is 28.7 Å². The first-order valence-corrected chi connectivity index (χ1v) is 15.4. The van der Waals surface area contributed by atoms with Gasteiger partial charge in [-0.1, -0.05) is 0 Å². The molecule has 3 aliphatic heterocycles. The molecule has 250 valence electrons. The molecule has 0 aromatic heterocycles. The summed E-state index contributed by atoms with van der Waals surface area (Å²) in [6, 6.07) is 13.1. The summed E-state index contributed by atoms with van der Waals surface area (Å²) in [5.74, 6) is -0.790. The van der Waals surface area contributed by atoms with Crippen molar-refractivity contribution in [2.45, 2.75) is 25.4 Å². The maximum atomic E-state index is 12.4. The van der Waals surface area contributed by atoms with Crippen LogP contribution in [0.2, 0.25) is 0 Å². The highest BCUT2D eigenvalue weighted by atomic mass is 16.5. The van der Waals surface area contributed by atoms with Crippen LogP contribution in [0.3, 0.4) is 0 Å². The number of ether oxygens (including phenoxy) is 1. The summed E-state index contributed by atoms with van der Waals surface area (Å²) in [6.07, 6.45) is 2.10. The maximum absolute atomic E-state index is 12.4. The first-order valence-electron chi connectivity index (χ1n) is 15.4. The van der Waals surface area contributed by atoms with Gasteiger partial charge in [-0.05, 0) is 61.5 Å². The number of nitrogens with zero attached hydrogens (tertiary/aromatic N) is 3. The number of amides is 4. The standard InChI is InChI=1S/C14H15N3O3.C11H17N3.C7H14N2O3/c1-15-9-2-3-10-8(6-9)7-17(14(10)20)11-4-5-12(18)16-13(11)19;1-13-6-8-14(9-7-13)11-4-2-10(12)3-5-11;10-4-1-8-2-5-12-6-3-9-7-11/h2-3,6,11,15H,4-5,7H2,1H3,(H,16,18,19);2-5H,6-9,12H2,1H3;4,7-8H,1-3,5-6H2,(H,9,11). The molecule has 2 aromatic carbocycles. The number of carbonyl (C=O) groups is 5. The van der Waals surface area contributed by atoms with E-state index in [1.165, 1.54) is 5.69 Å². The van der Waals surface area contributed by atoms with Gasteiger partial charge in [0.05, 0.1) is 19.8 Å². The van der Waals surface area contributed by atoms with Gasteiger partial charge in [-0.2, -0.15) is 0 Å². The Balaban J connectivity index is 0.000000197. The monoisotopic (exact) mass is 638 g/mol. The minimum atomic E-state index is -0.550. The van der Waals surface area contributed by atoms with Crippen molar-refractivity contribution in [2.75, 3.05) is 89.1 Å². The average Bonchev–Trinajstić information content (AvgIpc) is 3.38. The Morgan fingerprint density at radius 2 is 1.72 bits per heavy atom. The number of rotatable bonds is 12. The molecule has 0 aliphatic carbocycles. The fourth-order valence-corrected chi connectivity index (χ4v) is 5.08. The quantitative estimate of drug-likeness (QED) is 0.0918. The molecule has 1 atom stereocenters. The Bertz CT molecular complexity index is 1290. The number of piperidine rings is 1. The normalized spacial score (nSPS) is 17.5. The van der Waals surface area contributed by atoms with Crippen molar-refractivity contribution in [2.24, 2.45) is 0 Å². The number of fused-ring (bicyclic) bond motifs is 1. The summed E-state index contributed by atoms with van der Waals surface area (Å²) in [4.78, 5) is 61.3. The molecule has 3 aliphatic rings. The van der Waals surface area contributed by atoms with Gasteiger partial charge < -0.3 is 45.9 Å². The van der Waals surface area contributed by atoms with Gasteiger partial charge in [0.1, 0.15) is 12.3 Å². The van der Waals surface area contributed by atoms with Crippen LogP contribution in [-0.4, -0.2) is 119 Å². The van der Waals surface area contributed by atoms with E-state index in [1.54, 1.807) is 11.0 Å². The van der Waals surface area contributed by atoms with Crippen LogP contribution in [0.25, 0.3) is 0 Å². The lowest BCUT2D eigenvalue weighted by molar-refractivity contribution is -0.137. The van der Waals surface area contributed by atoms with Crippen LogP contribution in [0.15, 0.2) is 42.5 Å². The highest BCUT2D eigenvalue weighted by molar-refractivity contribution is 6.05. The van der Waals surface area contributed by atoms with Crippen LogP contribution in [0, 0.1) is 0 Å². The predicted octanol–water partition coefficient (Wildman–Crippen LogP) is 0.0474. The highest BCUT2D eigenvalue weighted by Crippen LogP contribution is 2.29. The summed E-state index contributed by atoms with van der Waals surface area (Å²) >= 11 is 0. The molecule has 4 amide bonds. The second-order valence-electron chi connectivity index (χ2n) is 11.0. The van der Waals surface area contributed by atoms with Crippen LogP contribution >= 0.6 is 0 Å². The minimum Gasteiger partial charge on any atom is -0.399 e. The maximum Gasteiger partial charge on any atom is 0.255 e. The van der Waals surface area contributed by atoms with Crippen molar-refractivity contribution >= 4 is 47.5 Å². The number of carbonyl (C=O) groups excluding carboxylic acids is 5. The molecule has 0 saturated carbocycles. The van der Waals surface area contributed by atoms with Gasteiger partial charge in [0, 0.05) is 81.9 Å². The van der Waals surface area contributed by atoms with Gasteiger partial charge in [0.25, 0.3) is 5.91 Å². The topological polar surface area (TPSA) is 178 Å². The summed E-state index contributed by atoms with van der Waals surface area (Å²) < 4.78 is 5.08. The number of benzene rings is 2. The van der Waals surface area contributed by atoms with E-state index in [-0.39, 0.29) is 24.1 Å². The third kappa shape index (κ3) is 11.1. The molecule has 2 fully saturated rings. The first kappa shape index (κ1) is 35.9. The minimum absolute atomic E-state index is 0.142. The second-order valence-corrected chi connectivity index (χ2v) is 11.0. The number of hydrogen-bond donors (Lipinski definition) is 5. The van der Waals surface area contributed by atoms with Gasteiger partial charge in [-0.25, -0.2) is 0 Å². The molecule has 2 aromatic rings. The van der Waals surface area contributed by atoms with E-state index in [9.17, 15) is 24.0 Å². The number of nitrogens with one attached hydrogen (secondary N) is 4. The number of aldehydes is 1. The number of imide groups is 1. The lowest BCUT2D eigenvalue weighted by Gasteiger charge is -2.34. The molecule has 14 heteroatoms. The van der Waals surface area contributed by atoms with E-state index in [2.05, 4.69) is 50.2 Å². The number of nitrogen functional groups attached to an aromatic ring is 1. The number of likely N-dealkylation sites (N-methyl/N-ethyl adjacent to an activating group) is 1. The number of nitrogens with two attached hydrogens (primary N) is 1. The van der Waals surface area contributed by atoms with Crippen LogP contribution in [0.5, 0.6) is 0 Å². The largest absolute Gasteiger partial charge is 0.399 e. The van der Waals surface area contributed by atoms with E-state index >= 15 is 0 Å². The molecule has 3 heterocycles. The first-order chi connectivity index (χ1) is 22.3. The van der Waals surface area contributed by atoms with Gasteiger partial charge in [-0.15, -0.1) is 0 Å². The molecule has 1 unspecified atom stereocenters. The zero-order valence-corrected chi connectivity index (χ0v) is 26.6. The van der Waals surface area contributed by atoms with Crippen molar-refractivity contribution in [3.8, 4) is 0 Å². The zero-order chi connectivity index (χ0) is 33.3. The lowest BCUT2D eigenvalue weighted by Crippen LogP contribution is -2.52. The smallest absolute Gasteiger partial charge is 0.255 e. The van der Waals surface area contributed by atoms with Crippen molar-refractivity contribution in [1.29, 1.82) is 0 Å². The van der Waals surface area contributed by atoms with Crippen LogP contribution in [0.4, 0.5) is 17.1 Å². The molecule has 14 nitrogen and oxygen atoms in total. The van der Waals surface area contributed by atoms with Gasteiger partial charge in [0.15, 0.2) is 0 Å². The SMILES string of the molecule is CN1CCN(c2ccc(N)cc2)CC1.CNc1ccc2c(c1)CN(C1CCC(=O)NC1=O)C2=O.O=CCNCCOCCNC=O. The third-order valence-corrected chi connectivity index (χ3v) is 7.70. The fourth-order valence-electron chi connectivity index (χ4n) is 5.08. The van der Waals surface area contributed by atoms with Crippen LogP contribution in [-0.2, 0) is 30.5 Å². The van der Waals surface area contributed by atoms with Gasteiger partial charge >= 0.3 is 0 Å². The van der Waals surface area contributed by atoms with E-state index in [0.29, 0.717) is 57.8 Å². The van der Waals surface area contributed by atoms with Gasteiger partial charge in [-0.3, -0.25) is 24.5 Å². The summed E-state index contributed by atoms with van der Waals surface area (Å²) in [7, 11) is 3.98. The lowest BCUT2D eigenvalue weighted by atomic mass is 10.0. The van der Waals surface area contributed by atoms with Crippen LogP contribution in [0.1, 0.15) is 28.8 Å². The van der Waals surface area contributed by atoms with Crippen LogP contribution < -0.4 is 31.9 Å². The Hall–Kier alpha value is -4.53. The molecule has 6 N–H and O–H groups in total.